The van der Waals surface area contributed by atoms with E-state index in [1.165, 1.54) is 12.1 Å². The van der Waals surface area contributed by atoms with Gasteiger partial charge in [-0.2, -0.15) is 13.2 Å². The standard InChI is InChI=1S/C14H12F3NO.ClH/c15-14(16,17)11-4-3-6-13(10-11)19-9-7-12-5-1-2-8-18-12;/h1-6,8,10H,7,9H2;1H. The number of rotatable bonds is 4. The molecule has 6 heteroatoms. The molecule has 0 aliphatic heterocycles. The Bertz CT molecular complexity index is 531. The second-order valence-corrected chi connectivity index (χ2v) is 3.95. The van der Waals surface area contributed by atoms with Crippen LogP contribution in [0.3, 0.4) is 0 Å². The third-order valence-corrected chi connectivity index (χ3v) is 2.51. The molecule has 1 aromatic carbocycles. The molecule has 0 spiro atoms. The van der Waals surface area contributed by atoms with E-state index in [2.05, 4.69) is 4.98 Å². The average molecular weight is 304 g/mol. The topological polar surface area (TPSA) is 22.1 Å². The van der Waals surface area contributed by atoms with Crippen LogP contribution in [0.25, 0.3) is 0 Å². The van der Waals surface area contributed by atoms with E-state index in [0.717, 1.165) is 17.8 Å². The van der Waals surface area contributed by atoms with Crippen molar-refractivity contribution in [3.8, 4) is 5.75 Å². The molecule has 2 nitrogen and oxygen atoms in total. The van der Waals surface area contributed by atoms with Gasteiger partial charge in [-0.1, -0.05) is 12.1 Å². The Balaban J connectivity index is 0.00000200. The predicted molar refractivity (Wildman–Crippen MR) is 72.1 cm³/mol. The lowest BCUT2D eigenvalue weighted by Gasteiger charge is -2.10. The summed E-state index contributed by atoms with van der Waals surface area (Å²) in [7, 11) is 0. The zero-order valence-corrected chi connectivity index (χ0v) is 11.2. The van der Waals surface area contributed by atoms with Crippen LogP contribution in [0, 0.1) is 0 Å². The number of ether oxygens (including phenoxy) is 1. The van der Waals surface area contributed by atoms with Crippen LogP contribution in [0.5, 0.6) is 5.75 Å². The summed E-state index contributed by atoms with van der Waals surface area (Å²) in [6, 6.07) is 10.4. The van der Waals surface area contributed by atoms with Gasteiger partial charge in [-0.25, -0.2) is 0 Å². The Hall–Kier alpha value is -1.75. The number of aromatic nitrogens is 1. The van der Waals surface area contributed by atoms with Gasteiger partial charge in [0.25, 0.3) is 0 Å². The molecule has 0 fully saturated rings. The molecule has 20 heavy (non-hydrogen) atoms. The van der Waals surface area contributed by atoms with Gasteiger partial charge in [-0.15, -0.1) is 12.4 Å². The lowest BCUT2D eigenvalue weighted by atomic mass is 10.2. The van der Waals surface area contributed by atoms with E-state index < -0.39 is 11.7 Å². The minimum Gasteiger partial charge on any atom is -0.493 e. The minimum atomic E-state index is -4.35. The van der Waals surface area contributed by atoms with Gasteiger partial charge in [0.2, 0.25) is 0 Å². The quantitative estimate of drug-likeness (QED) is 0.847. The molecule has 1 heterocycles. The highest BCUT2D eigenvalue weighted by molar-refractivity contribution is 5.85. The molecule has 0 aliphatic carbocycles. The Labute approximate surface area is 121 Å². The smallest absolute Gasteiger partial charge is 0.416 e. The van der Waals surface area contributed by atoms with Crippen molar-refractivity contribution in [3.63, 3.8) is 0 Å². The zero-order chi connectivity index (χ0) is 13.7. The lowest BCUT2D eigenvalue weighted by molar-refractivity contribution is -0.137. The lowest BCUT2D eigenvalue weighted by Crippen LogP contribution is -2.06. The summed E-state index contributed by atoms with van der Waals surface area (Å²) >= 11 is 0. The first kappa shape index (κ1) is 16.3. The van der Waals surface area contributed by atoms with Crippen molar-refractivity contribution in [3.05, 3.63) is 59.9 Å². The molecule has 0 bridgehead atoms. The van der Waals surface area contributed by atoms with Gasteiger partial charge < -0.3 is 4.74 Å². The number of hydrogen-bond donors (Lipinski definition) is 0. The van der Waals surface area contributed by atoms with Crippen molar-refractivity contribution in [2.75, 3.05) is 6.61 Å². The van der Waals surface area contributed by atoms with Gasteiger partial charge in [0, 0.05) is 18.3 Å². The van der Waals surface area contributed by atoms with E-state index >= 15 is 0 Å². The van der Waals surface area contributed by atoms with E-state index in [1.54, 1.807) is 12.3 Å². The molecule has 0 saturated heterocycles. The second-order valence-electron chi connectivity index (χ2n) is 3.95. The van der Waals surface area contributed by atoms with Crippen LogP contribution < -0.4 is 4.74 Å². The summed E-state index contributed by atoms with van der Waals surface area (Å²) in [5.41, 5.74) is 0.136. The summed E-state index contributed by atoms with van der Waals surface area (Å²) in [6.45, 7) is 0.290. The highest BCUT2D eigenvalue weighted by atomic mass is 35.5. The van der Waals surface area contributed by atoms with Crippen LogP contribution in [0.15, 0.2) is 48.7 Å². The molecular formula is C14H13ClF3NO. The maximum absolute atomic E-state index is 12.5. The highest BCUT2D eigenvalue weighted by Gasteiger charge is 2.30. The first-order valence-electron chi connectivity index (χ1n) is 5.76. The summed E-state index contributed by atoms with van der Waals surface area (Å²) in [5.74, 6) is 0.214. The number of hydrogen-bond acceptors (Lipinski definition) is 2. The fourth-order valence-electron chi connectivity index (χ4n) is 1.58. The molecule has 0 atom stereocenters. The first-order chi connectivity index (χ1) is 9.05. The van der Waals surface area contributed by atoms with Crippen molar-refractivity contribution in [2.24, 2.45) is 0 Å². The minimum absolute atomic E-state index is 0. The largest absolute Gasteiger partial charge is 0.493 e. The maximum atomic E-state index is 12.5. The molecule has 2 rings (SSSR count). The third kappa shape index (κ3) is 4.74. The van der Waals surface area contributed by atoms with E-state index in [4.69, 9.17) is 4.74 Å². The summed E-state index contributed by atoms with van der Waals surface area (Å²) in [4.78, 5) is 4.11. The van der Waals surface area contributed by atoms with Crippen LogP contribution in [0.2, 0.25) is 0 Å². The van der Waals surface area contributed by atoms with Crippen molar-refractivity contribution in [1.29, 1.82) is 0 Å². The molecule has 1 aromatic heterocycles. The molecular weight excluding hydrogens is 291 g/mol. The summed E-state index contributed by atoms with van der Waals surface area (Å²) in [6.07, 6.45) is -2.13. The Morgan fingerprint density at radius 2 is 1.85 bits per heavy atom. The third-order valence-electron chi connectivity index (χ3n) is 2.51. The van der Waals surface area contributed by atoms with Crippen molar-refractivity contribution in [1.82, 2.24) is 4.98 Å². The molecule has 108 valence electrons. The van der Waals surface area contributed by atoms with E-state index in [0.29, 0.717) is 13.0 Å². The fraction of sp³-hybridized carbons (Fsp3) is 0.214. The summed E-state index contributed by atoms with van der Waals surface area (Å²) in [5, 5.41) is 0. The van der Waals surface area contributed by atoms with Gasteiger partial charge in [0.1, 0.15) is 5.75 Å². The average Bonchev–Trinajstić information content (AvgIpc) is 2.39. The maximum Gasteiger partial charge on any atom is 0.416 e. The number of nitrogens with zero attached hydrogens (tertiary/aromatic N) is 1. The van der Waals surface area contributed by atoms with Crippen LogP contribution >= 0.6 is 12.4 Å². The van der Waals surface area contributed by atoms with Gasteiger partial charge in [-0.05, 0) is 30.3 Å². The summed E-state index contributed by atoms with van der Waals surface area (Å²) < 4.78 is 42.8. The van der Waals surface area contributed by atoms with Crippen LogP contribution in [0.4, 0.5) is 13.2 Å². The number of alkyl halides is 3. The number of halogens is 4. The SMILES string of the molecule is Cl.FC(F)(F)c1cccc(OCCc2ccccn2)c1. The van der Waals surface area contributed by atoms with E-state index in [9.17, 15) is 13.2 Å². The van der Waals surface area contributed by atoms with Crippen LogP contribution in [0.1, 0.15) is 11.3 Å². The highest BCUT2D eigenvalue weighted by Crippen LogP contribution is 2.31. The van der Waals surface area contributed by atoms with Crippen molar-refractivity contribution < 1.29 is 17.9 Å². The van der Waals surface area contributed by atoms with Gasteiger partial charge in [-0.3, -0.25) is 4.98 Å². The van der Waals surface area contributed by atoms with E-state index in [1.807, 2.05) is 12.1 Å². The second kappa shape index (κ2) is 7.14. The Morgan fingerprint density at radius 3 is 2.50 bits per heavy atom. The molecule has 0 amide bonds. The van der Waals surface area contributed by atoms with Crippen LogP contribution in [-0.2, 0) is 12.6 Å². The molecule has 0 saturated carbocycles. The molecule has 0 aliphatic rings. The molecule has 0 radical (unpaired) electrons. The molecule has 0 N–H and O–H groups in total. The first-order valence-corrected chi connectivity index (χ1v) is 5.76. The van der Waals surface area contributed by atoms with Crippen molar-refractivity contribution >= 4 is 12.4 Å². The Kier molecular flexibility index (Phi) is 5.82. The molecule has 2 aromatic rings. The van der Waals surface area contributed by atoms with Gasteiger partial charge >= 0.3 is 6.18 Å². The van der Waals surface area contributed by atoms with Crippen molar-refractivity contribution in [2.45, 2.75) is 12.6 Å². The monoisotopic (exact) mass is 303 g/mol. The predicted octanol–water partition coefficient (Wildman–Crippen LogP) is 4.14. The van der Waals surface area contributed by atoms with Gasteiger partial charge in [0.15, 0.2) is 0 Å². The fourth-order valence-corrected chi connectivity index (χ4v) is 1.58. The van der Waals surface area contributed by atoms with Crippen LogP contribution in [-0.4, -0.2) is 11.6 Å². The number of benzene rings is 1. The van der Waals surface area contributed by atoms with E-state index in [-0.39, 0.29) is 18.2 Å². The normalized spacial score (nSPS) is 10.8. The van der Waals surface area contributed by atoms with Gasteiger partial charge in [0.05, 0.1) is 12.2 Å². The zero-order valence-electron chi connectivity index (χ0n) is 10.4. The molecule has 0 unspecified atom stereocenters. The number of pyridine rings is 1. The Morgan fingerprint density at radius 1 is 1.05 bits per heavy atom.